The lowest BCUT2D eigenvalue weighted by molar-refractivity contribution is -0.121. The lowest BCUT2D eigenvalue weighted by Crippen LogP contribution is -2.39. The molecule has 1 aromatic rings. The van der Waals surface area contributed by atoms with Crippen LogP contribution in [-0.4, -0.2) is 24.3 Å². The Morgan fingerprint density at radius 1 is 1.37 bits per heavy atom. The van der Waals surface area contributed by atoms with Crippen LogP contribution >= 0.6 is 0 Å². The topological polar surface area (TPSA) is 55.4 Å². The minimum absolute atomic E-state index is 0.0373. The van der Waals surface area contributed by atoms with Gasteiger partial charge in [0.2, 0.25) is 5.91 Å². The fraction of sp³-hybridized carbons (Fsp3) is 0.467. The van der Waals surface area contributed by atoms with E-state index in [0.717, 1.165) is 12.8 Å². The number of Topliss-reactive ketones (excluding diaryl/α,β-unsaturated/α-hetero) is 1. The van der Waals surface area contributed by atoms with E-state index in [2.05, 4.69) is 5.32 Å². The van der Waals surface area contributed by atoms with Crippen molar-refractivity contribution >= 4 is 11.7 Å². The molecule has 1 unspecified atom stereocenters. The first-order valence-corrected chi connectivity index (χ1v) is 6.77. The molecule has 102 valence electrons. The number of ketones is 1. The molecule has 1 amide bonds. The Labute approximate surface area is 113 Å². The summed E-state index contributed by atoms with van der Waals surface area (Å²) in [5.41, 5.74) is 0.552. The maximum atomic E-state index is 12.5. The van der Waals surface area contributed by atoms with E-state index >= 15 is 0 Å². The smallest absolute Gasteiger partial charge is 0.220 e. The van der Waals surface area contributed by atoms with Crippen molar-refractivity contribution in [2.24, 2.45) is 0 Å². The van der Waals surface area contributed by atoms with E-state index in [9.17, 15) is 9.59 Å². The minimum Gasteiger partial charge on any atom is -0.493 e. The third-order valence-electron chi connectivity index (χ3n) is 3.25. The van der Waals surface area contributed by atoms with Gasteiger partial charge in [0, 0.05) is 6.42 Å². The van der Waals surface area contributed by atoms with Crippen molar-refractivity contribution in [2.75, 3.05) is 6.61 Å². The molecule has 0 saturated carbocycles. The van der Waals surface area contributed by atoms with E-state index in [0.29, 0.717) is 30.8 Å². The third-order valence-corrected chi connectivity index (χ3v) is 3.25. The number of hydrogen-bond donors (Lipinski definition) is 1. The predicted molar refractivity (Wildman–Crippen MR) is 72.3 cm³/mol. The van der Waals surface area contributed by atoms with Gasteiger partial charge in [-0.3, -0.25) is 9.59 Å². The van der Waals surface area contributed by atoms with E-state index in [1.807, 2.05) is 19.1 Å². The zero-order valence-electron chi connectivity index (χ0n) is 11.1. The SMILES string of the molecule is CCOc1ccccc1C(=O)C1CCCCC(=O)N1. The monoisotopic (exact) mass is 261 g/mol. The molecule has 0 aromatic heterocycles. The van der Waals surface area contributed by atoms with Crippen molar-refractivity contribution in [3.8, 4) is 5.75 Å². The van der Waals surface area contributed by atoms with Gasteiger partial charge in [-0.2, -0.15) is 0 Å². The quantitative estimate of drug-likeness (QED) is 0.846. The number of para-hydroxylation sites is 1. The summed E-state index contributed by atoms with van der Waals surface area (Å²) in [6.45, 7) is 2.40. The molecular formula is C15H19NO3. The van der Waals surface area contributed by atoms with Crippen molar-refractivity contribution in [2.45, 2.75) is 38.6 Å². The number of carbonyl (C=O) groups excluding carboxylic acids is 2. The number of carbonyl (C=O) groups is 2. The molecule has 1 atom stereocenters. The molecule has 1 N–H and O–H groups in total. The average Bonchev–Trinajstić information content (AvgIpc) is 2.64. The molecule has 1 fully saturated rings. The van der Waals surface area contributed by atoms with E-state index in [4.69, 9.17) is 4.74 Å². The van der Waals surface area contributed by atoms with Crippen LogP contribution in [0.15, 0.2) is 24.3 Å². The lowest BCUT2D eigenvalue weighted by Gasteiger charge is -2.16. The van der Waals surface area contributed by atoms with Crippen molar-refractivity contribution < 1.29 is 14.3 Å². The summed E-state index contributed by atoms with van der Waals surface area (Å²) in [6.07, 6.45) is 2.95. The van der Waals surface area contributed by atoms with Gasteiger partial charge < -0.3 is 10.1 Å². The molecule has 0 bridgehead atoms. The number of hydrogen-bond acceptors (Lipinski definition) is 3. The number of nitrogens with one attached hydrogen (secondary N) is 1. The van der Waals surface area contributed by atoms with E-state index in [1.165, 1.54) is 0 Å². The van der Waals surface area contributed by atoms with Crippen molar-refractivity contribution in [3.63, 3.8) is 0 Å². The first kappa shape index (κ1) is 13.6. The van der Waals surface area contributed by atoms with Crippen LogP contribution in [0.1, 0.15) is 43.0 Å². The summed E-state index contributed by atoms with van der Waals surface area (Å²) in [4.78, 5) is 24.0. The second kappa shape index (κ2) is 6.36. The number of amides is 1. The maximum Gasteiger partial charge on any atom is 0.220 e. The fourth-order valence-corrected chi connectivity index (χ4v) is 2.31. The molecule has 0 radical (unpaired) electrons. The first-order valence-electron chi connectivity index (χ1n) is 6.77. The van der Waals surface area contributed by atoms with Gasteiger partial charge in [-0.1, -0.05) is 18.6 Å². The van der Waals surface area contributed by atoms with E-state index < -0.39 is 6.04 Å². The third kappa shape index (κ3) is 3.34. The Balaban J connectivity index is 2.20. The van der Waals surface area contributed by atoms with Crippen molar-refractivity contribution in [3.05, 3.63) is 29.8 Å². The molecule has 1 aliphatic rings. The Morgan fingerprint density at radius 2 is 2.16 bits per heavy atom. The molecular weight excluding hydrogens is 242 g/mol. The first-order chi connectivity index (χ1) is 9.22. The van der Waals surface area contributed by atoms with E-state index in [-0.39, 0.29) is 11.7 Å². The van der Waals surface area contributed by atoms with Crippen molar-refractivity contribution in [1.82, 2.24) is 5.32 Å². The Hall–Kier alpha value is -1.84. The summed E-state index contributed by atoms with van der Waals surface area (Å²) >= 11 is 0. The summed E-state index contributed by atoms with van der Waals surface area (Å²) < 4.78 is 5.47. The normalized spacial score (nSPS) is 19.4. The molecule has 19 heavy (non-hydrogen) atoms. The molecule has 4 nitrogen and oxygen atoms in total. The van der Waals surface area contributed by atoms with Crippen LogP contribution in [0.2, 0.25) is 0 Å². The largest absolute Gasteiger partial charge is 0.493 e. The Bertz CT molecular complexity index is 470. The molecule has 1 aromatic carbocycles. The van der Waals surface area contributed by atoms with Gasteiger partial charge in [0.15, 0.2) is 5.78 Å². The predicted octanol–water partition coefficient (Wildman–Crippen LogP) is 2.33. The van der Waals surface area contributed by atoms with Gasteiger partial charge in [0.05, 0.1) is 18.2 Å². The van der Waals surface area contributed by atoms with Crippen molar-refractivity contribution in [1.29, 1.82) is 0 Å². The van der Waals surface area contributed by atoms with Gasteiger partial charge in [0.25, 0.3) is 0 Å². The van der Waals surface area contributed by atoms with Crippen LogP contribution < -0.4 is 10.1 Å². The molecule has 4 heteroatoms. The van der Waals surface area contributed by atoms with Crippen LogP contribution in [0.5, 0.6) is 5.75 Å². The Kier molecular flexibility index (Phi) is 4.55. The molecule has 1 aliphatic heterocycles. The van der Waals surface area contributed by atoms with Gasteiger partial charge in [0.1, 0.15) is 5.75 Å². The Morgan fingerprint density at radius 3 is 2.95 bits per heavy atom. The maximum absolute atomic E-state index is 12.5. The highest BCUT2D eigenvalue weighted by atomic mass is 16.5. The minimum atomic E-state index is -0.420. The molecule has 1 saturated heterocycles. The zero-order valence-corrected chi connectivity index (χ0v) is 11.1. The van der Waals surface area contributed by atoms with E-state index in [1.54, 1.807) is 12.1 Å². The summed E-state index contributed by atoms with van der Waals surface area (Å²) in [5, 5.41) is 2.80. The number of rotatable bonds is 4. The van der Waals surface area contributed by atoms with Crippen LogP contribution in [0.4, 0.5) is 0 Å². The molecule has 0 spiro atoms. The second-order valence-electron chi connectivity index (χ2n) is 4.66. The average molecular weight is 261 g/mol. The lowest BCUT2D eigenvalue weighted by atomic mass is 9.99. The van der Waals surface area contributed by atoms with Crippen LogP contribution in [0.3, 0.4) is 0 Å². The van der Waals surface area contributed by atoms with Gasteiger partial charge in [-0.25, -0.2) is 0 Å². The second-order valence-corrected chi connectivity index (χ2v) is 4.66. The van der Waals surface area contributed by atoms with Gasteiger partial charge in [-0.15, -0.1) is 0 Å². The summed E-state index contributed by atoms with van der Waals surface area (Å²) in [6, 6.07) is 6.78. The summed E-state index contributed by atoms with van der Waals surface area (Å²) in [5.74, 6) is 0.498. The fourth-order valence-electron chi connectivity index (χ4n) is 2.31. The molecule has 0 aliphatic carbocycles. The standard InChI is InChI=1S/C15H19NO3/c1-2-19-13-9-5-3-7-11(13)15(18)12-8-4-6-10-14(17)16-12/h3,5,7,9,12H,2,4,6,8,10H2,1H3,(H,16,17). The highest BCUT2D eigenvalue weighted by molar-refractivity contribution is 6.04. The van der Waals surface area contributed by atoms with Crippen LogP contribution in [0, 0.1) is 0 Å². The van der Waals surface area contributed by atoms with Gasteiger partial charge in [-0.05, 0) is 31.9 Å². The van der Waals surface area contributed by atoms with Crippen LogP contribution in [0.25, 0.3) is 0 Å². The highest BCUT2D eigenvalue weighted by Gasteiger charge is 2.25. The number of ether oxygens (including phenoxy) is 1. The molecule has 1 heterocycles. The summed E-state index contributed by atoms with van der Waals surface area (Å²) in [7, 11) is 0. The van der Waals surface area contributed by atoms with Crippen LogP contribution in [-0.2, 0) is 4.79 Å². The zero-order chi connectivity index (χ0) is 13.7. The highest BCUT2D eigenvalue weighted by Crippen LogP contribution is 2.22. The van der Waals surface area contributed by atoms with Gasteiger partial charge >= 0.3 is 0 Å². The number of benzene rings is 1. The molecule has 2 rings (SSSR count).